The smallest absolute Gasteiger partial charge is 0.262 e. The highest BCUT2D eigenvalue weighted by atomic mass is 16.5. The Morgan fingerprint density at radius 2 is 2.14 bits per heavy atom. The summed E-state index contributed by atoms with van der Waals surface area (Å²) in [5.74, 6) is 0.433. The van der Waals surface area contributed by atoms with Crippen LogP contribution < -0.4 is 15.5 Å². The van der Waals surface area contributed by atoms with Crippen molar-refractivity contribution in [2.24, 2.45) is 0 Å². The minimum absolute atomic E-state index is 0.0198. The Morgan fingerprint density at radius 3 is 2.86 bits per heavy atom. The molecule has 1 amide bonds. The number of aromatic amines is 1. The number of methoxy groups -OCH3 is 1. The molecule has 0 spiro atoms. The quantitative estimate of drug-likeness (QED) is 0.775. The normalized spacial score (nSPS) is 10.4. The Kier molecular flexibility index (Phi) is 3.57. The topological polar surface area (TPSA) is 84.1 Å². The van der Waals surface area contributed by atoms with Crippen LogP contribution in [0.15, 0.2) is 53.6 Å². The van der Waals surface area contributed by atoms with Crippen molar-refractivity contribution >= 4 is 22.6 Å². The average Bonchev–Trinajstić information content (AvgIpc) is 2.56. The maximum Gasteiger partial charge on any atom is 0.262 e. The van der Waals surface area contributed by atoms with E-state index in [2.05, 4.69) is 15.3 Å². The predicted molar refractivity (Wildman–Crippen MR) is 83.3 cm³/mol. The van der Waals surface area contributed by atoms with Gasteiger partial charge in [-0.25, -0.2) is 4.98 Å². The molecule has 0 atom stereocenters. The van der Waals surface area contributed by atoms with E-state index in [-0.39, 0.29) is 11.0 Å². The Labute approximate surface area is 125 Å². The minimum atomic E-state index is -0.510. The number of pyridine rings is 2. The van der Waals surface area contributed by atoms with E-state index in [9.17, 15) is 9.59 Å². The van der Waals surface area contributed by atoms with Gasteiger partial charge in [0.2, 0.25) is 5.43 Å². The molecule has 22 heavy (non-hydrogen) atoms. The number of carbonyl (C=O) groups excluding carboxylic acids is 1. The average molecular weight is 295 g/mol. The number of benzene rings is 1. The van der Waals surface area contributed by atoms with Crippen LogP contribution in [-0.4, -0.2) is 23.0 Å². The van der Waals surface area contributed by atoms with Gasteiger partial charge in [0, 0.05) is 23.3 Å². The summed E-state index contributed by atoms with van der Waals surface area (Å²) in [5, 5.41) is 2.99. The van der Waals surface area contributed by atoms with E-state index in [1.807, 2.05) is 0 Å². The molecule has 6 nitrogen and oxygen atoms in total. The molecule has 0 saturated heterocycles. The molecule has 2 heterocycles. The van der Waals surface area contributed by atoms with E-state index in [1.54, 1.807) is 42.6 Å². The van der Waals surface area contributed by atoms with Crippen molar-refractivity contribution in [1.82, 2.24) is 9.97 Å². The fraction of sp³-hybridized carbons (Fsp3) is 0.0625. The zero-order valence-electron chi connectivity index (χ0n) is 11.8. The Hall–Kier alpha value is -3.15. The van der Waals surface area contributed by atoms with Crippen LogP contribution in [0.25, 0.3) is 10.9 Å². The number of aromatic nitrogens is 2. The van der Waals surface area contributed by atoms with Gasteiger partial charge in [0.25, 0.3) is 5.91 Å². The third-order valence-electron chi connectivity index (χ3n) is 3.24. The number of amides is 1. The van der Waals surface area contributed by atoms with Gasteiger partial charge in [-0.2, -0.15) is 0 Å². The molecule has 0 unspecified atom stereocenters. The SMILES string of the molecule is COc1ccc2[nH]cc(C(=O)Nc3ccccn3)c(=O)c2c1. The lowest BCUT2D eigenvalue weighted by Crippen LogP contribution is -2.22. The zero-order chi connectivity index (χ0) is 15.5. The number of hydrogen-bond acceptors (Lipinski definition) is 4. The minimum Gasteiger partial charge on any atom is -0.497 e. The van der Waals surface area contributed by atoms with Crippen LogP contribution in [0.2, 0.25) is 0 Å². The van der Waals surface area contributed by atoms with Crippen LogP contribution in [-0.2, 0) is 0 Å². The first kappa shape index (κ1) is 13.8. The molecule has 110 valence electrons. The maximum atomic E-state index is 12.5. The molecule has 2 aromatic heterocycles. The molecule has 0 aliphatic rings. The number of fused-ring (bicyclic) bond motifs is 1. The van der Waals surface area contributed by atoms with Crippen molar-refractivity contribution in [3.63, 3.8) is 0 Å². The third kappa shape index (κ3) is 2.54. The molecular formula is C16H13N3O3. The van der Waals surface area contributed by atoms with Crippen molar-refractivity contribution in [1.29, 1.82) is 0 Å². The van der Waals surface area contributed by atoms with Gasteiger partial charge >= 0.3 is 0 Å². The summed E-state index contributed by atoms with van der Waals surface area (Å²) >= 11 is 0. The monoisotopic (exact) mass is 295 g/mol. The summed E-state index contributed by atoms with van der Waals surface area (Å²) in [4.78, 5) is 31.6. The molecule has 0 saturated carbocycles. The predicted octanol–water partition coefficient (Wildman–Crippen LogP) is 2.18. The fourth-order valence-electron chi connectivity index (χ4n) is 2.11. The van der Waals surface area contributed by atoms with Crippen molar-refractivity contribution in [3.8, 4) is 5.75 Å². The van der Waals surface area contributed by atoms with Crippen molar-refractivity contribution in [2.45, 2.75) is 0 Å². The van der Waals surface area contributed by atoms with E-state index >= 15 is 0 Å². The van der Waals surface area contributed by atoms with Crippen LogP contribution in [0.1, 0.15) is 10.4 Å². The highest BCUT2D eigenvalue weighted by Crippen LogP contribution is 2.17. The van der Waals surface area contributed by atoms with Gasteiger partial charge in [0.15, 0.2) is 0 Å². The second-order valence-corrected chi connectivity index (χ2v) is 4.61. The number of nitrogens with one attached hydrogen (secondary N) is 2. The van der Waals surface area contributed by atoms with Crippen LogP contribution in [0.5, 0.6) is 5.75 Å². The first-order valence-electron chi connectivity index (χ1n) is 6.61. The molecule has 0 fully saturated rings. The number of rotatable bonds is 3. The molecular weight excluding hydrogens is 282 g/mol. The highest BCUT2D eigenvalue weighted by molar-refractivity contribution is 6.05. The standard InChI is InChI=1S/C16H13N3O3/c1-22-10-5-6-13-11(8-10)15(20)12(9-18-13)16(21)19-14-4-2-3-7-17-14/h2-9H,1H3,(H,18,20)(H,17,19,21). The van der Waals surface area contributed by atoms with Gasteiger partial charge in [-0.3, -0.25) is 9.59 Å². The lowest BCUT2D eigenvalue weighted by atomic mass is 10.1. The molecule has 2 N–H and O–H groups in total. The number of hydrogen-bond donors (Lipinski definition) is 2. The summed E-state index contributed by atoms with van der Waals surface area (Å²) in [7, 11) is 1.52. The Morgan fingerprint density at radius 1 is 1.27 bits per heavy atom. The van der Waals surface area contributed by atoms with E-state index in [4.69, 9.17) is 4.74 Å². The van der Waals surface area contributed by atoms with Gasteiger partial charge in [-0.05, 0) is 30.3 Å². The van der Waals surface area contributed by atoms with Gasteiger partial charge in [0.1, 0.15) is 17.1 Å². The van der Waals surface area contributed by atoms with Gasteiger partial charge in [-0.15, -0.1) is 0 Å². The molecule has 3 aromatic rings. The number of carbonyl (C=O) groups is 1. The summed E-state index contributed by atoms with van der Waals surface area (Å²) in [5.41, 5.74) is 0.299. The van der Waals surface area contributed by atoms with Crippen molar-refractivity contribution < 1.29 is 9.53 Å². The zero-order valence-corrected chi connectivity index (χ0v) is 11.8. The second-order valence-electron chi connectivity index (χ2n) is 4.61. The number of anilines is 1. The van der Waals surface area contributed by atoms with E-state index in [1.165, 1.54) is 13.3 Å². The molecule has 0 aliphatic carbocycles. The summed E-state index contributed by atoms with van der Waals surface area (Å²) in [6, 6.07) is 10.2. The van der Waals surface area contributed by atoms with Crippen LogP contribution in [0.3, 0.4) is 0 Å². The summed E-state index contributed by atoms with van der Waals surface area (Å²) in [6.07, 6.45) is 2.96. The molecule has 1 aromatic carbocycles. The Bertz CT molecular complexity index is 888. The lowest BCUT2D eigenvalue weighted by Gasteiger charge is -2.06. The van der Waals surface area contributed by atoms with E-state index < -0.39 is 5.91 Å². The molecule has 0 bridgehead atoms. The summed E-state index contributed by atoms with van der Waals surface area (Å²) < 4.78 is 5.11. The molecule has 6 heteroatoms. The van der Waals surface area contributed by atoms with Crippen molar-refractivity contribution in [3.05, 3.63) is 64.6 Å². The number of ether oxygens (including phenoxy) is 1. The number of H-pyrrole nitrogens is 1. The van der Waals surface area contributed by atoms with Crippen LogP contribution in [0.4, 0.5) is 5.82 Å². The van der Waals surface area contributed by atoms with Gasteiger partial charge in [-0.1, -0.05) is 6.07 Å². The van der Waals surface area contributed by atoms with Crippen LogP contribution >= 0.6 is 0 Å². The van der Waals surface area contributed by atoms with E-state index in [0.717, 1.165) is 0 Å². The van der Waals surface area contributed by atoms with Gasteiger partial charge in [0.05, 0.1) is 7.11 Å². The first-order valence-corrected chi connectivity index (χ1v) is 6.61. The molecule has 0 radical (unpaired) electrons. The second kappa shape index (κ2) is 5.69. The molecule has 3 rings (SSSR count). The summed E-state index contributed by atoms with van der Waals surface area (Å²) in [6.45, 7) is 0. The van der Waals surface area contributed by atoms with Gasteiger partial charge < -0.3 is 15.0 Å². The largest absolute Gasteiger partial charge is 0.497 e. The maximum absolute atomic E-state index is 12.5. The van der Waals surface area contributed by atoms with Crippen molar-refractivity contribution in [2.75, 3.05) is 12.4 Å². The highest BCUT2D eigenvalue weighted by Gasteiger charge is 2.14. The lowest BCUT2D eigenvalue weighted by molar-refractivity contribution is 0.102. The van der Waals surface area contributed by atoms with E-state index in [0.29, 0.717) is 22.5 Å². The fourth-order valence-corrected chi connectivity index (χ4v) is 2.11. The first-order chi connectivity index (χ1) is 10.7. The van der Waals surface area contributed by atoms with Crippen LogP contribution in [0, 0.1) is 0 Å². The third-order valence-corrected chi connectivity index (χ3v) is 3.24. The Balaban J connectivity index is 2.02. The number of nitrogens with zero attached hydrogens (tertiary/aromatic N) is 1. The molecule has 0 aliphatic heterocycles.